The normalized spacial score (nSPS) is 11.2. The van der Waals surface area contributed by atoms with Gasteiger partial charge >= 0.3 is 0 Å². The van der Waals surface area contributed by atoms with Crippen LogP contribution in [0.15, 0.2) is 71.5 Å². The van der Waals surface area contributed by atoms with Gasteiger partial charge in [0.2, 0.25) is 0 Å². The minimum absolute atomic E-state index is 0.290. The van der Waals surface area contributed by atoms with Crippen molar-refractivity contribution in [3.63, 3.8) is 0 Å². The first-order valence-electron chi connectivity index (χ1n) is 9.38. The Morgan fingerprint density at radius 3 is 2.77 bits per heavy atom. The minimum atomic E-state index is -0.290. The molecular weight excluding hydrogens is 433 g/mol. The van der Waals surface area contributed by atoms with Crippen LogP contribution in [-0.2, 0) is 5.75 Å². The summed E-state index contributed by atoms with van der Waals surface area (Å²) in [6, 6.07) is 14.0. The Bertz CT molecular complexity index is 1350. The molecule has 154 valence electrons. The molecule has 0 N–H and O–H groups in total. The third-order valence-corrected chi connectivity index (χ3v) is 6.61. The van der Waals surface area contributed by atoms with Gasteiger partial charge in [0.25, 0.3) is 0 Å². The third-order valence-electron chi connectivity index (χ3n) is 4.65. The summed E-state index contributed by atoms with van der Waals surface area (Å²) in [4.78, 5) is 13.6. The van der Waals surface area contributed by atoms with Crippen LogP contribution in [0, 0.1) is 5.82 Å². The van der Waals surface area contributed by atoms with Gasteiger partial charge in [-0.2, -0.15) is 5.10 Å². The fourth-order valence-electron chi connectivity index (χ4n) is 3.17. The molecule has 3 aromatic heterocycles. The van der Waals surface area contributed by atoms with Gasteiger partial charge in [-0.3, -0.25) is 0 Å². The van der Waals surface area contributed by atoms with Crippen LogP contribution in [0.1, 0.15) is 5.69 Å². The first-order chi connectivity index (χ1) is 15.2. The number of hydrogen-bond acceptors (Lipinski definition) is 7. The molecule has 0 amide bonds. The van der Waals surface area contributed by atoms with Crippen molar-refractivity contribution in [2.45, 2.75) is 10.8 Å². The summed E-state index contributed by atoms with van der Waals surface area (Å²) in [5.41, 5.74) is 3.37. The van der Waals surface area contributed by atoms with Gasteiger partial charge in [-0.05, 0) is 36.4 Å². The molecule has 0 aliphatic heterocycles. The molecule has 5 aromatic rings. The zero-order valence-corrected chi connectivity index (χ0v) is 18.0. The van der Waals surface area contributed by atoms with E-state index in [1.54, 1.807) is 53.2 Å². The summed E-state index contributed by atoms with van der Waals surface area (Å²) in [5, 5.41) is 9.07. The minimum Gasteiger partial charge on any atom is -0.496 e. The zero-order valence-electron chi connectivity index (χ0n) is 16.4. The Hall–Kier alpha value is -3.30. The second-order valence-corrected chi connectivity index (χ2v) is 8.40. The lowest BCUT2D eigenvalue weighted by molar-refractivity contribution is 0.416. The van der Waals surface area contributed by atoms with E-state index < -0.39 is 0 Å². The smallest absolute Gasteiger partial charge is 0.167 e. The van der Waals surface area contributed by atoms with Crippen molar-refractivity contribution in [2.24, 2.45) is 0 Å². The van der Waals surface area contributed by atoms with E-state index >= 15 is 0 Å². The van der Waals surface area contributed by atoms with Gasteiger partial charge in [-0.1, -0.05) is 23.9 Å². The number of aromatic nitrogens is 5. The summed E-state index contributed by atoms with van der Waals surface area (Å²) in [7, 11) is 1.66. The van der Waals surface area contributed by atoms with Gasteiger partial charge in [0.15, 0.2) is 5.65 Å². The van der Waals surface area contributed by atoms with Crippen LogP contribution in [0.2, 0.25) is 0 Å². The van der Waals surface area contributed by atoms with Crippen LogP contribution >= 0.6 is 23.1 Å². The van der Waals surface area contributed by atoms with Crippen LogP contribution in [0.25, 0.3) is 27.3 Å². The molecule has 31 heavy (non-hydrogen) atoms. The van der Waals surface area contributed by atoms with E-state index in [1.807, 2.05) is 24.3 Å². The first-order valence-corrected chi connectivity index (χ1v) is 11.2. The maximum Gasteiger partial charge on any atom is 0.167 e. The molecule has 2 aromatic carbocycles. The number of thiazole rings is 1. The van der Waals surface area contributed by atoms with Crippen molar-refractivity contribution in [3.05, 3.63) is 77.9 Å². The van der Waals surface area contributed by atoms with Gasteiger partial charge in [0.1, 0.15) is 27.9 Å². The predicted molar refractivity (Wildman–Crippen MR) is 120 cm³/mol. The Morgan fingerprint density at radius 1 is 1.10 bits per heavy atom. The fourth-order valence-corrected chi connectivity index (χ4v) is 4.98. The third kappa shape index (κ3) is 3.89. The molecule has 0 aliphatic rings. The Balaban J connectivity index is 1.38. The van der Waals surface area contributed by atoms with Crippen molar-refractivity contribution in [1.82, 2.24) is 24.7 Å². The van der Waals surface area contributed by atoms with E-state index in [0.717, 1.165) is 38.1 Å². The number of thioether (sulfide) groups is 1. The Labute approximate surface area is 185 Å². The predicted octanol–water partition coefficient (Wildman–Crippen LogP) is 5.38. The van der Waals surface area contributed by atoms with E-state index in [1.165, 1.54) is 18.5 Å². The molecule has 0 spiro atoms. The molecule has 0 bridgehead atoms. The van der Waals surface area contributed by atoms with Gasteiger partial charge in [-0.25, -0.2) is 24.0 Å². The van der Waals surface area contributed by atoms with E-state index in [4.69, 9.17) is 9.72 Å². The average Bonchev–Trinajstić information content (AvgIpc) is 3.46. The quantitative estimate of drug-likeness (QED) is 0.256. The second-order valence-electron chi connectivity index (χ2n) is 6.58. The van der Waals surface area contributed by atoms with Crippen LogP contribution in [0.5, 0.6) is 5.75 Å². The SMILES string of the molecule is COc1ccccc1-c1nc(CSc2ncnc3c2cnn3-c2ccc(F)cc2)cs1. The largest absolute Gasteiger partial charge is 0.496 e. The number of hydrogen-bond donors (Lipinski definition) is 0. The Kier molecular flexibility index (Phi) is 5.35. The molecule has 0 atom stereocenters. The lowest BCUT2D eigenvalue weighted by Crippen LogP contribution is -1.98. The molecule has 0 fully saturated rings. The number of fused-ring (bicyclic) bond motifs is 1. The number of ether oxygens (including phenoxy) is 1. The topological polar surface area (TPSA) is 65.7 Å². The lowest BCUT2D eigenvalue weighted by Gasteiger charge is -2.05. The lowest BCUT2D eigenvalue weighted by atomic mass is 10.2. The molecule has 0 radical (unpaired) electrons. The summed E-state index contributed by atoms with van der Waals surface area (Å²) < 4.78 is 20.4. The number of benzene rings is 2. The van der Waals surface area contributed by atoms with Crippen molar-refractivity contribution in [1.29, 1.82) is 0 Å². The maximum atomic E-state index is 13.2. The van der Waals surface area contributed by atoms with E-state index in [-0.39, 0.29) is 5.82 Å². The molecule has 5 rings (SSSR count). The number of para-hydroxylation sites is 1. The summed E-state index contributed by atoms with van der Waals surface area (Å²) in [6.45, 7) is 0. The van der Waals surface area contributed by atoms with E-state index in [0.29, 0.717) is 11.4 Å². The van der Waals surface area contributed by atoms with Crippen molar-refractivity contribution >= 4 is 34.1 Å². The molecule has 0 saturated carbocycles. The van der Waals surface area contributed by atoms with Crippen LogP contribution in [0.4, 0.5) is 4.39 Å². The van der Waals surface area contributed by atoms with Crippen LogP contribution in [-0.4, -0.2) is 31.8 Å². The van der Waals surface area contributed by atoms with Gasteiger partial charge in [0.05, 0.1) is 35.6 Å². The van der Waals surface area contributed by atoms with Crippen LogP contribution in [0.3, 0.4) is 0 Å². The van der Waals surface area contributed by atoms with Gasteiger partial charge in [-0.15, -0.1) is 11.3 Å². The zero-order chi connectivity index (χ0) is 21.2. The van der Waals surface area contributed by atoms with E-state index in [9.17, 15) is 4.39 Å². The highest BCUT2D eigenvalue weighted by Crippen LogP contribution is 2.34. The number of halogens is 1. The van der Waals surface area contributed by atoms with Crippen LogP contribution < -0.4 is 4.74 Å². The molecule has 3 heterocycles. The van der Waals surface area contributed by atoms with E-state index in [2.05, 4.69) is 20.4 Å². The highest BCUT2D eigenvalue weighted by Gasteiger charge is 2.14. The van der Waals surface area contributed by atoms with Gasteiger partial charge in [0, 0.05) is 11.1 Å². The van der Waals surface area contributed by atoms with Gasteiger partial charge < -0.3 is 4.74 Å². The molecule has 9 heteroatoms. The fraction of sp³-hybridized carbons (Fsp3) is 0.0909. The molecule has 6 nitrogen and oxygen atoms in total. The van der Waals surface area contributed by atoms with Crippen molar-refractivity contribution in [2.75, 3.05) is 7.11 Å². The Morgan fingerprint density at radius 2 is 1.94 bits per heavy atom. The standard InChI is InChI=1S/C22H16FN5OS2/c1-29-19-5-3-2-4-17(19)22-27-15(12-31-22)11-30-21-18-10-26-28(20(18)24-13-25-21)16-8-6-14(23)7-9-16/h2-10,12-13H,11H2,1H3. The highest BCUT2D eigenvalue weighted by atomic mass is 32.2. The molecular formula is C22H16FN5OS2. The number of nitrogens with zero attached hydrogens (tertiary/aromatic N) is 5. The van der Waals surface area contributed by atoms with Crippen molar-refractivity contribution < 1.29 is 9.13 Å². The molecule has 0 unspecified atom stereocenters. The summed E-state index contributed by atoms with van der Waals surface area (Å²) in [5.74, 6) is 1.18. The second kappa shape index (κ2) is 8.44. The number of rotatable bonds is 6. The molecule has 0 saturated heterocycles. The summed E-state index contributed by atoms with van der Waals surface area (Å²) in [6.07, 6.45) is 3.26. The first kappa shape index (κ1) is 19.7. The summed E-state index contributed by atoms with van der Waals surface area (Å²) >= 11 is 3.17. The highest BCUT2D eigenvalue weighted by molar-refractivity contribution is 7.98. The average molecular weight is 450 g/mol. The van der Waals surface area contributed by atoms with Crippen molar-refractivity contribution in [3.8, 4) is 22.0 Å². The number of methoxy groups -OCH3 is 1. The molecule has 0 aliphatic carbocycles. The maximum absolute atomic E-state index is 13.2. The monoisotopic (exact) mass is 449 g/mol.